The lowest BCUT2D eigenvalue weighted by Gasteiger charge is -2.03. The average molecular weight is 370 g/mol. The molecule has 3 aromatic rings. The summed E-state index contributed by atoms with van der Waals surface area (Å²) in [6.45, 7) is 4.07. The summed E-state index contributed by atoms with van der Waals surface area (Å²) >= 11 is 2.95. The van der Waals surface area contributed by atoms with Gasteiger partial charge in [-0.05, 0) is 32.0 Å². The van der Waals surface area contributed by atoms with Crippen LogP contribution >= 0.6 is 23.1 Å². The van der Waals surface area contributed by atoms with Crippen molar-refractivity contribution in [2.75, 3.05) is 16.8 Å². The van der Waals surface area contributed by atoms with Crippen LogP contribution in [-0.2, 0) is 4.79 Å². The summed E-state index contributed by atoms with van der Waals surface area (Å²) < 4.78 is 0. The first-order valence-corrected chi connectivity index (χ1v) is 9.64. The van der Waals surface area contributed by atoms with E-state index >= 15 is 0 Å². The average Bonchev–Trinajstić information content (AvgIpc) is 2.94. The van der Waals surface area contributed by atoms with Crippen molar-refractivity contribution in [2.45, 2.75) is 18.7 Å². The normalized spacial score (nSPS) is 10.6. The number of thioether (sulfide) groups is 1. The second-order valence-corrected chi connectivity index (χ2v) is 7.95. The maximum atomic E-state index is 12.2. The zero-order chi connectivity index (χ0) is 17.8. The van der Waals surface area contributed by atoms with Gasteiger partial charge in [-0.3, -0.25) is 4.79 Å². The van der Waals surface area contributed by atoms with Gasteiger partial charge in [0.05, 0.1) is 11.4 Å². The minimum atomic E-state index is -0.0726. The van der Waals surface area contributed by atoms with Crippen LogP contribution in [0.5, 0.6) is 0 Å². The summed E-state index contributed by atoms with van der Waals surface area (Å²) in [5.41, 5.74) is 9.64. The molecule has 3 rings (SSSR count). The number of hydrogen-bond donors (Lipinski definition) is 2. The fourth-order valence-electron chi connectivity index (χ4n) is 2.34. The quantitative estimate of drug-likeness (QED) is 0.503. The smallest absolute Gasteiger partial charge is 0.236 e. The minimum Gasteiger partial charge on any atom is -0.399 e. The van der Waals surface area contributed by atoms with Crippen LogP contribution in [0.4, 0.5) is 10.8 Å². The van der Waals surface area contributed by atoms with Crippen LogP contribution in [0.15, 0.2) is 53.4 Å². The van der Waals surface area contributed by atoms with Gasteiger partial charge in [0, 0.05) is 21.0 Å². The number of hydrogen-bond acceptors (Lipinski definition) is 5. The first-order chi connectivity index (χ1) is 12.0. The summed E-state index contributed by atoms with van der Waals surface area (Å²) in [5, 5.41) is 3.52. The molecule has 6 heteroatoms. The molecule has 4 nitrogen and oxygen atoms in total. The van der Waals surface area contributed by atoms with Crippen molar-refractivity contribution < 1.29 is 4.79 Å². The number of nitrogens with one attached hydrogen (secondary N) is 1. The number of amides is 1. The van der Waals surface area contributed by atoms with Gasteiger partial charge < -0.3 is 11.1 Å². The standard InChI is InChI=1S/C19H19N3OS2/c1-12-6-8-14(9-7-12)18-13(2)25-19(22-18)21-17(23)11-24-16-5-3-4-15(20)10-16/h3-10H,11,20H2,1-2H3,(H,21,22,23). The van der Waals surface area contributed by atoms with E-state index in [1.807, 2.05) is 31.2 Å². The molecule has 0 aliphatic rings. The summed E-state index contributed by atoms with van der Waals surface area (Å²) in [7, 11) is 0. The van der Waals surface area contributed by atoms with Crippen molar-refractivity contribution in [1.29, 1.82) is 0 Å². The largest absolute Gasteiger partial charge is 0.399 e. The molecule has 128 valence electrons. The molecule has 0 spiro atoms. The first kappa shape index (κ1) is 17.5. The highest BCUT2D eigenvalue weighted by Crippen LogP contribution is 2.30. The molecule has 0 aliphatic heterocycles. The van der Waals surface area contributed by atoms with Crippen LogP contribution in [0.1, 0.15) is 10.4 Å². The fraction of sp³-hybridized carbons (Fsp3) is 0.158. The molecule has 2 aromatic carbocycles. The third-order valence-corrected chi connectivity index (χ3v) is 5.48. The Morgan fingerprint density at radius 2 is 1.96 bits per heavy atom. The van der Waals surface area contributed by atoms with E-state index in [0.29, 0.717) is 16.6 Å². The summed E-state index contributed by atoms with van der Waals surface area (Å²) in [6, 6.07) is 15.8. The Kier molecular flexibility index (Phi) is 5.40. The molecule has 0 fully saturated rings. The monoisotopic (exact) mass is 369 g/mol. The van der Waals surface area contributed by atoms with E-state index in [4.69, 9.17) is 5.73 Å². The van der Waals surface area contributed by atoms with Gasteiger partial charge in [0.15, 0.2) is 5.13 Å². The molecule has 0 bridgehead atoms. The maximum Gasteiger partial charge on any atom is 0.236 e. The van der Waals surface area contributed by atoms with Gasteiger partial charge in [-0.25, -0.2) is 4.98 Å². The van der Waals surface area contributed by atoms with Crippen molar-refractivity contribution in [2.24, 2.45) is 0 Å². The number of benzene rings is 2. The molecule has 0 saturated carbocycles. The van der Waals surface area contributed by atoms with Crippen LogP contribution in [0, 0.1) is 13.8 Å². The molecule has 3 N–H and O–H groups in total. The van der Waals surface area contributed by atoms with Crippen LogP contribution in [0.2, 0.25) is 0 Å². The van der Waals surface area contributed by atoms with E-state index in [1.165, 1.54) is 28.7 Å². The Bertz CT molecular complexity index is 888. The van der Waals surface area contributed by atoms with E-state index in [2.05, 4.69) is 41.5 Å². The lowest BCUT2D eigenvalue weighted by atomic mass is 10.1. The van der Waals surface area contributed by atoms with Crippen molar-refractivity contribution in [3.63, 3.8) is 0 Å². The summed E-state index contributed by atoms with van der Waals surface area (Å²) in [4.78, 5) is 18.8. The van der Waals surface area contributed by atoms with E-state index in [1.54, 1.807) is 0 Å². The molecule has 1 amide bonds. The number of thiazole rings is 1. The minimum absolute atomic E-state index is 0.0726. The molecule has 0 unspecified atom stereocenters. The molecule has 0 aliphatic carbocycles. The zero-order valence-corrected chi connectivity index (χ0v) is 15.7. The highest BCUT2D eigenvalue weighted by Gasteiger charge is 2.12. The Balaban J connectivity index is 1.64. The number of carbonyl (C=O) groups excluding carboxylic acids is 1. The lowest BCUT2D eigenvalue weighted by molar-refractivity contribution is -0.113. The molecule has 25 heavy (non-hydrogen) atoms. The number of aryl methyl sites for hydroxylation is 2. The van der Waals surface area contributed by atoms with Gasteiger partial charge in [-0.1, -0.05) is 35.9 Å². The van der Waals surface area contributed by atoms with Crippen LogP contribution in [0.3, 0.4) is 0 Å². The molecular weight excluding hydrogens is 350 g/mol. The Morgan fingerprint density at radius 1 is 1.20 bits per heavy atom. The molecule has 0 radical (unpaired) electrons. The summed E-state index contributed by atoms with van der Waals surface area (Å²) in [6.07, 6.45) is 0. The molecular formula is C19H19N3OS2. The fourth-order valence-corrected chi connectivity index (χ4v) is 3.95. The zero-order valence-electron chi connectivity index (χ0n) is 14.1. The Morgan fingerprint density at radius 3 is 2.68 bits per heavy atom. The second kappa shape index (κ2) is 7.72. The molecule has 1 aromatic heterocycles. The molecule has 1 heterocycles. The molecule has 0 atom stereocenters. The van der Waals surface area contributed by atoms with Gasteiger partial charge in [0.1, 0.15) is 0 Å². The topological polar surface area (TPSA) is 68.0 Å². The maximum absolute atomic E-state index is 12.2. The van der Waals surface area contributed by atoms with Crippen molar-refractivity contribution in [1.82, 2.24) is 4.98 Å². The highest BCUT2D eigenvalue weighted by atomic mass is 32.2. The molecule has 0 saturated heterocycles. The number of carbonyl (C=O) groups is 1. The van der Waals surface area contributed by atoms with Crippen molar-refractivity contribution in [3.8, 4) is 11.3 Å². The van der Waals surface area contributed by atoms with Gasteiger partial charge in [0.25, 0.3) is 0 Å². The number of aromatic nitrogens is 1. The van der Waals surface area contributed by atoms with Gasteiger partial charge >= 0.3 is 0 Å². The van der Waals surface area contributed by atoms with E-state index in [0.717, 1.165) is 21.0 Å². The van der Waals surface area contributed by atoms with Gasteiger partial charge in [-0.15, -0.1) is 23.1 Å². The predicted octanol–water partition coefficient (Wildman–Crippen LogP) is 4.74. The predicted molar refractivity (Wildman–Crippen MR) is 107 cm³/mol. The van der Waals surface area contributed by atoms with Crippen LogP contribution in [-0.4, -0.2) is 16.6 Å². The van der Waals surface area contributed by atoms with Gasteiger partial charge in [-0.2, -0.15) is 0 Å². The number of nitrogens with two attached hydrogens (primary N) is 1. The number of nitrogens with zero attached hydrogens (tertiary/aromatic N) is 1. The Hall–Kier alpha value is -2.31. The first-order valence-electron chi connectivity index (χ1n) is 7.84. The van der Waals surface area contributed by atoms with E-state index in [9.17, 15) is 4.79 Å². The second-order valence-electron chi connectivity index (χ2n) is 5.70. The number of anilines is 2. The number of nitrogen functional groups attached to an aromatic ring is 1. The van der Waals surface area contributed by atoms with Crippen LogP contribution in [0.25, 0.3) is 11.3 Å². The van der Waals surface area contributed by atoms with E-state index < -0.39 is 0 Å². The van der Waals surface area contributed by atoms with E-state index in [-0.39, 0.29) is 5.91 Å². The van der Waals surface area contributed by atoms with Gasteiger partial charge in [0.2, 0.25) is 5.91 Å². The van der Waals surface area contributed by atoms with Crippen LogP contribution < -0.4 is 11.1 Å². The lowest BCUT2D eigenvalue weighted by Crippen LogP contribution is -2.13. The highest BCUT2D eigenvalue weighted by molar-refractivity contribution is 8.00. The summed E-state index contributed by atoms with van der Waals surface area (Å²) in [5.74, 6) is 0.249. The Labute approximate surface area is 155 Å². The van der Waals surface area contributed by atoms with Crippen molar-refractivity contribution >= 4 is 39.8 Å². The third kappa shape index (κ3) is 4.61. The van der Waals surface area contributed by atoms with Crippen molar-refractivity contribution in [3.05, 3.63) is 59.0 Å². The SMILES string of the molecule is Cc1ccc(-c2nc(NC(=O)CSc3cccc(N)c3)sc2C)cc1. The third-order valence-electron chi connectivity index (χ3n) is 3.60. The number of rotatable bonds is 5.